The summed E-state index contributed by atoms with van der Waals surface area (Å²) in [5, 5.41) is 6.15. The number of nitrogens with one attached hydrogen (secondary N) is 1. The average Bonchev–Trinajstić information content (AvgIpc) is 2.85. The minimum Gasteiger partial charge on any atom is -0.272 e. The summed E-state index contributed by atoms with van der Waals surface area (Å²) in [6.07, 6.45) is 1.56. The highest BCUT2D eigenvalue weighted by atomic mass is 79.9. The van der Waals surface area contributed by atoms with E-state index in [0.717, 1.165) is 36.2 Å². The number of hydrazone groups is 1. The van der Waals surface area contributed by atoms with Crippen LogP contribution in [0.3, 0.4) is 0 Å². The van der Waals surface area contributed by atoms with E-state index in [-0.39, 0.29) is 18.0 Å². The van der Waals surface area contributed by atoms with Crippen molar-refractivity contribution in [3.8, 4) is 0 Å². The third-order valence-electron chi connectivity index (χ3n) is 5.47. The van der Waals surface area contributed by atoms with Crippen LogP contribution in [0.25, 0.3) is 10.8 Å². The van der Waals surface area contributed by atoms with Gasteiger partial charge in [-0.2, -0.15) is 9.41 Å². The zero-order valence-corrected chi connectivity index (χ0v) is 21.5. The molecule has 0 saturated carbocycles. The SMILES string of the molecule is Cc1ccc(S(=O)(=O)N(CC(=O)N/N=C\c2cccc3ccccc23)Cc2ccc(Br)cc2)cc1. The first kappa shape index (κ1) is 24.8. The van der Waals surface area contributed by atoms with Gasteiger partial charge in [-0.1, -0.05) is 88.2 Å². The molecule has 0 fully saturated rings. The molecule has 0 bridgehead atoms. The number of carbonyl (C=O) groups excluding carboxylic acids is 1. The minimum absolute atomic E-state index is 0.0456. The fourth-order valence-electron chi connectivity index (χ4n) is 3.61. The molecular weight excluding hydrogens is 526 g/mol. The Balaban J connectivity index is 1.53. The highest BCUT2D eigenvalue weighted by Crippen LogP contribution is 2.20. The Kier molecular flexibility index (Phi) is 7.75. The van der Waals surface area contributed by atoms with Gasteiger partial charge in [0.25, 0.3) is 5.91 Å². The summed E-state index contributed by atoms with van der Waals surface area (Å²) in [5.41, 5.74) is 5.03. The summed E-state index contributed by atoms with van der Waals surface area (Å²) in [6.45, 7) is 1.56. The van der Waals surface area contributed by atoms with Gasteiger partial charge in [-0.25, -0.2) is 13.8 Å². The molecular formula is C27H24BrN3O3S. The van der Waals surface area contributed by atoms with Gasteiger partial charge in [0.1, 0.15) is 0 Å². The molecule has 6 nitrogen and oxygen atoms in total. The van der Waals surface area contributed by atoms with Gasteiger partial charge >= 0.3 is 0 Å². The van der Waals surface area contributed by atoms with Crippen molar-refractivity contribution < 1.29 is 13.2 Å². The van der Waals surface area contributed by atoms with E-state index in [1.165, 1.54) is 0 Å². The fourth-order valence-corrected chi connectivity index (χ4v) is 5.26. The average molecular weight is 550 g/mol. The second kappa shape index (κ2) is 10.9. The van der Waals surface area contributed by atoms with Gasteiger partial charge in [0.05, 0.1) is 17.7 Å². The number of halogens is 1. The van der Waals surface area contributed by atoms with E-state index in [2.05, 4.69) is 26.5 Å². The second-order valence-electron chi connectivity index (χ2n) is 8.07. The van der Waals surface area contributed by atoms with Crippen LogP contribution in [0.15, 0.2) is 105 Å². The number of rotatable bonds is 8. The standard InChI is InChI=1S/C27H24BrN3O3S/c1-20-9-15-25(16-10-20)35(33,34)31(18-21-11-13-24(28)14-12-21)19-27(32)30-29-17-23-7-4-6-22-5-2-3-8-26(22)23/h2-17H,18-19H2,1H3,(H,30,32)/b29-17-. The number of nitrogens with zero attached hydrogens (tertiary/aromatic N) is 2. The maximum Gasteiger partial charge on any atom is 0.255 e. The fraction of sp³-hybridized carbons (Fsp3) is 0.111. The molecule has 4 aromatic carbocycles. The van der Waals surface area contributed by atoms with Crippen molar-refractivity contribution in [2.24, 2.45) is 5.10 Å². The van der Waals surface area contributed by atoms with Crippen LogP contribution < -0.4 is 5.43 Å². The van der Waals surface area contributed by atoms with Crippen molar-refractivity contribution in [3.63, 3.8) is 0 Å². The Morgan fingerprint density at radius 2 is 1.63 bits per heavy atom. The van der Waals surface area contributed by atoms with Gasteiger partial charge in [0.15, 0.2) is 0 Å². The maximum atomic E-state index is 13.4. The molecule has 4 rings (SSSR count). The lowest BCUT2D eigenvalue weighted by molar-refractivity contribution is -0.121. The van der Waals surface area contributed by atoms with Crippen molar-refractivity contribution in [2.75, 3.05) is 6.54 Å². The number of sulfonamides is 1. The second-order valence-corrected chi connectivity index (χ2v) is 10.9. The lowest BCUT2D eigenvalue weighted by atomic mass is 10.1. The van der Waals surface area contributed by atoms with E-state index in [0.29, 0.717) is 0 Å². The molecule has 0 aliphatic rings. The predicted octanol–water partition coefficient (Wildman–Crippen LogP) is 5.25. The normalized spacial score (nSPS) is 11.9. The molecule has 0 aliphatic heterocycles. The van der Waals surface area contributed by atoms with Crippen molar-refractivity contribution in [2.45, 2.75) is 18.4 Å². The van der Waals surface area contributed by atoms with Crippen LogP contribution in [0, 0.1) is 6.92 Å². The van der Waals surface area contributed by atoms with E-state index in [1.807, 2.05) is 73.7 Å². The van der Waals surface area contributed by atoms with Crippen LogP contribution in [0.2, 0.25) is 0 Å². The number of aryl methyl sites for hydroxylation is 1. The number of benzene rings is 4. The van der Waals surface area contributed by atoms with Crippen LogP contribution in [0.1, 0.15) is 16.7 Å². The van der Waals surface area contributed by atoms with Crippen molar-refractivity contribution in [3.05, 3.63) is 112 Å². The molecule has 0 saturated heterocycles. The Hall–Kier alpha value is -3.33. The molecule has 8 heteroatoms. The molecule has 1 amide bonds. The summed E-state index contributed by atoms with van der Waals surface area (Å²) < 4.78 is 28.8. The van der Waals surface area contributed by atoms with E-state index < -0.39 is 15.9 Å². The molecule has 35 heavy (non-hydrogen) atoms. The van der Waals surface area contributed by atoms with E-state index in [9.17, 15) is 13.2 Å². The van der Waals surface area contributed by atoms with Gasteiger partial charge < -0.3 is 0 Å². The summed E-state index contributed by atoms with van der Waals surface area (Å²) >= 11 is 3.39. The molecule has 0 atom stereocenters. The smallest absolute Gasteiger partial charge is 0.255 e. The molecule has 0 aromatic heterocycles. The zero-order chi connectivity index (χ0) is 24.8. The molecule has 0 unspecified atom stereocenters. The molecule has 0 aliphatic carbocycles. The molecule has 4 aromatic rings. The predicted molar refractivity (Wildman–Crippen MR) is 143 cm³/mol. The minimum atomic E-state index is -3.92. The van der Waals surface area contributed by atoms with Gasteiger partial charge in [-0.05, 0) is 47.5 Å². The lowest BCUT2D eigenvalue weighted by Gasteiger charge is -2.21. The quantitative estimate of drug-likeness (QED) is 0.241. The third-order valence-corrected chi connectivity index (χ3v) is 7.80. The highest BCUT2D eigenvalue weighted by Gasteiger charge is 2.27. The van der Waals surface area contributed by atoms with Gasteiger partial charge in [-0.3, -0.25) is 4.79 Å². The summed E-state index contributed by atoms with van der Waals surface area (Å²) in [4.78, 5) is 12.9. The molecule has 0 spiro atoms. The first-order chi connectivity index (χ1) is 16.8. The van der Waals surface area contributed by atoms with Gasteiger partial charge in [0.2, 0.25) is 10.0 Å². The zero-order valence-electron chi connectivity index (χ0n) is 19.1. The topological polar surface area (TPSA) is 78.8 Å². The van der Waals surface area contributed by atoms with Crippen molar-refractivity contribution in [1.29, 1.82) is 0 Å². The number of carbonyl (C=O) groups is 1. The molecule has 0 radical (unpaired) electrons. The van der Waals surface area contributed by atoms with E-state index in [1.54, 1.807) is 30.5 Å². The Morgan fingerprint density at radius 1 is 0.943 bits per heavy atom. The third kappa shape index (κ3) is 6.22. The summed E-state index contributed by atoms with van der Waals surface area (Å²) in [7, 11) is -3.92. The van der Waals surface area contributed by atoms with Crippen LogP contribution in [0.5, 0.6) is 0 Å². The Morgan fingerprint density at radius 3 is 2.37 bits per heavy atom. The maximum absolute atomic E-state index is 13.4. The number of amides is 1. The monoisotopic (exact) mass is 549 g/mol. The highest BCUT2D eigenvalue weighted by molar-refractivity contribution is 9.10. The van der Waals surface area contributed by atoms with E-state index >= 15 is 0 Å². The Labute approximate surface area is 213 Å². The lowest BCUT2D eigenvalue weighted by Crippen LogP contribution is -2.39. The largest absolute Gasteiger partial charge is 0.272 e. The molecule has 1 N–H and O–H groups in total. The van der Waals surface area contributed by atoms with Crippen LogP contribution >= 0.6 is 15.9 Å². The van der Waals surface area contributed by atoms with Crippen molar-refractivity contribution in [1.82, 2.24) is 9.73 Å². The first-order valence-corrected chi connectivity index (χ1v) is 13.2. The summed E-state index contributed by atoms with van der Waals surface area (Å²) in [5.74, 6) is -0.533. The van der Waals surface area contributed by atoms with Crippen LogP contribution in [-0.4, -0.2) is 31.4 Å². The van der Waals surface area contributed by atoms with Gasteiger partial charge in [-0.15, -0.1) is 0 Å². The van der Waals surface area contributed by atoms with Gasteiger partial charge in [0, 0.05) is 16.6 Å². The molecule has 0 heterocycles. The Bertz CT molecular complexity index is 1460. The van der Waals surface area contributed by atoms with E-state index in [4.69, 9.17) is 0 Å². The van der Waals surface area contributed by atoms with Crippen LogP contribution in [0.4, 0.5) is 0 Å². The first-order valence-electron chi connectivity index (χ1n) is 10.9. The molecule has 178 valence electrons. The number of hydrogen-bond donors (Lipinski definition) is 1. The van der Waals surface area contributed by atoms with Crippen LogP contribution in [-0.2, 0) is 21.4 Å². The number of fused-ring (bicyclic) bond motifs is 1. The van der Waals surface area contributed by atoms with Crippen molar-refractivity contribution >= 4 is 48.8 Å². The summed E-state index contributed by atoms with van der Waals surface area (Å²) in [6, 6.07) is 27.6. The number of hydrogen-bond acceptors (Lipinski definition) is 4.